The molecule has 1 N–H and O–H groups in total. The number of piperazine rings is 1. The van der Waals surface area contributed by atoms with Crippen LogP contribution in [0.15, 0.2) is 0 Å². The lowest BCUT2D eigenvalue weighted by Crippen LogP contribution is -2.60. The quantitative estimate of drug-likeness (QED) is 0.860. The van der Waals surface area contributed by atoms with Gasteiger partial charge in [0.1, 0.15) is 0 Å². The summed E-state index contributed by atoms with van der Waals surface area (Å²) in [6.45, 7) is 15.8. The van der Waals surface area contributed by atoms with E-state index >= 15 is 0 Å². The molecule has 124 valence electrons. The fourth-order valence-electron chi connectivity index (χ4n) is 3.81. The van der Waals surface area contributed by atoms with E-state index in [1.54, 1.807) is 0 Å². The average molecular weight is 296 g/mol. The Hall–Kier alpha value is -0.120. The SMILES string of the molecule is CCC1CNC(C(C)(C)C)CN1CCC1CCN(C)CC1. The number of rotatable bonds is 4. The normalized spacial score (nSPS) is 30.7. The zero-order chi connectivity index (χ0) is 15.5. The second-order valence-electron chi connectivity index (χ2n) is 8.42. The van der Waals surface area contributed by atoms with Crippen molar-refractivity contribution in [2.24, 2.45) is 11.3 Å². The van der Waals surface area contributed by atoms with Crippen LogP contribution in [0.1, 0.15) is 53.4 Å². The number of hydrogen-bond acceptors (Lipinski definition) is 3. The molecule has 0 aromatic carbocycles. The molecule has 2 rings (SSSR count). The van der Waals surface area contributed by atoms with Gasteiger partial charge in [0.25, 0.3) is 0 Å². The van der Waals surface area contributed by atoms with E-state index in [9.17, 15) is 0 Å². The highest BCUT2D eigenvalue weighted by Gasteiger charge is 2.33. The van der Waals surface area contributed by atoms with E-state index in [-0.39, 0.29) is 0 Å². The molecule has 0 radical (unpaired) electrons. The highest BCUT2D eigenvalue weighted by atomic mass is 15.2. The lowest BCUT2D eigenvalue weighted by Gasteiger charge is -2.45. The van der Waals surface area contributed by atoms with Crippen LogP contribution in [-0.4, -0.2) is 61.7 Å². The molecule has 2 aliphatic heterocycles. The van der Waals surface area contributed by atoms with Gasteiger partial charge in [0, 0.05) is 25.2 Å². The minimum absolute atomic E-state index is 0.366. The summed E-state index contributed by atoms with van der Waals surface area (Å²) in [5, 5.41) is 3.79. The largest absolute Gasteiger partial charge is 0.311 e. The Morgan fingerprint density at radius 1 is 1.14 bits per heavy atom. The maximum absolute atomic E-state index is 3.79. The standard InChI is InChI=1S/C18H37N3/c1-6-16-13-19-17(18(2,3)4)14-21(16)12-9-15-7-10-20(5)11-8-15/h15-17,19H,6-14H2,1-5H3. The Bertz CT molecular complexity index is 302. The van der Waals surface area contributed by atoms with Gasteiger partial charge in [0.05, 0.1) is 0 Å². The summed E-state index contributed by atoms with van der Waals surface area (Å²) in [7, 11) is 2.26. The van der Waals surface area contributed by atoms with E-state index in [4.69, 9.17) is 0 Å². The van der Waals surface area contributed by atoms with E-state index in [2.05, 4.69) is 49.9 Å². The molecule has 2 saturated heterocycles. The number of nitrogens with zero attached hydrogens (tertiary/aromatic N) is 2. The van der Waals surface area contributed by atoms with E-state index in [1.165, 1.54) is 58.4 Å². The van der Waals surface area contributed by atoms with Crippen LogP contribution in [0.25, 0.3) is 0 Å². The molecular weight excluding hydrogens is 258 g/mol. The van der Waals surface area contributed by atoms with Gasteiger partial charge in [-0.25, -0.2) is 0 Å². The van der Waals surface area contributed by atoms with Crippen molar-refractivity contribution in [2.75, 3.05) is 39.8 Å². The summed E-state index contributed by atoms with van der Waals surface area (Å²) < 4.78 is 0. The van der Waals surface area contributed by atoms with E-state index < -0.39 is 0 Å². The Kier molecular flexibility index (Phi) is 6.10. The van der Waals surface area contributed by atoms with Crippen LogP contribution in [0, 0.1) is 11.3 Å². The average Bonchev–Trinajstić information content (AvgIpc) is 2.45. The Morgan fingerprint density at radius 2 is 1.81 bits per heavy atom. The molecule has 0 aromatic rings. The zero-order valence-electron chi connectivity index (χ0n) is 15.0. The zero-order valence-corrected chi connectivity index (χ0v) is 15.0. The molecule has 0 aliphatic carbocycles. The van der Waals surface area contributed by atoms with Gasteiger partial charge < -0.3 is 10.2 Å². The minimum atomic E-state index is 0.366. The smallest absolute Gasteiger partial charge is 0.0244 e. The topological polar surface area (TPSA) is 18.5 Å². The molecule has 2 heterocycles. The fourth-order valence-corrected chi connectivity index (χ4v) is 3.81. The second-order valence-corrected chi connectivity index (χ2v) is 8.42. The van der Waals surface area contributed by atoms with Gasteiger partial charge in [-0.15, -0.1) is 0 Å². The molecule has 2 aliphatic rings. The van der Waals surface area contributed by atoms with Crippen molar-refractivity contribution < 1.29 is 0 Å². The van der Waals surface area contributed by atoms with Gasteiger partial charge in [-0.3, -0.25) is 4.90 Å². The molecule has 0 aromatic heterocycles. The second kappa shape index (κ2) is 7.43. The van der Waals surface area contributed by atoms with Crippen molar-refractivity contribution in [2.45, 2.75) is 65.5 Å². The molecule has 0 bridgehead atoms. The summed E-state index contributed by atoms with van der Waals surface area (Å²) in [5.74, 6) is 0.960. The molecule has 2 unspecified atom stereocenters. The number of likely N-dealkylation sites (tertiary alicyclic amines) is 1. The third-order valence-corrected chi connectivity index (χ3v) is 5.71. The maximum Gasteiger partial charge on any atom is 0.0244 e. The van der Waals surface area contributed by atoms with Gasteiger partial charge >= 0.3 is 0 Å². The van der Waals surface area contributed by atoms with Crippen LogP contribution in [0.2, 0.25) is 0 Å². The Morgan fingerprint density at radius 3 is 2.38 bits per heavy atom. The highest BCUT2D eigenvalue weighted by Crippen LogP contribution is 2.26. The predicted molar refractivity (Wildman–Crippen MR) is 91.7 cm³/mol. The van der Waals surface area contributed by atoms with Crippen molar-refractivity contribution in [3.05, 3.63) is 0 Å². The van der Waals surface area contributed by atoms with Crippen LogP contribution in [0.5, 0.6) is 0 Å². The highest BCUT2D eigenvalue weighted by molar-refractivity contribution is 4.91. The summed E-state index contributed by atoms with van der Waals surface area (Å²) in [5.41, 5.74) is 0.366. The van der Waals surface area contributed by atoms with Crippen LogP contribution in [0.4, 0.5) is 0 Å². The minimum Gasteiger partial charge on any atom is -0.311 e. The molecule has 21 heavy (non-hydrogen) atoms. The fraction of sp³-hybridized carbons (Fsp3) is 1.00. The number of piperidine rings is 1. The van der Waals surface area contributed by atoms with E-state index in [1.807, 2.05) is 0 Å². The molecule has 3 nitrogen and oxygen atoms in total. The monoisotopic (exact) mass is 295 g/mol. The van der Waals surface area contributed by atoms with Crippen LogP contribution >= 0.6 is 0 Å². The van der Waals surface area contributed by atoms with Crippen molar-refractivity contribution in [3.8, 4) is 0 Å². The van der Waals surface area contributed by atoms with Gasteiger partial charge in [0.15, 0.2) is 0 Å². The van der Waals surface area contributed by atoms with Crippen molar-refractivity contribution in [3.63, 3.8) is 0 Å². The van der Waals surface area contributed by atoms with Crippen LogP contribution in [-0.2, 0) is 0 Å². The maximum atomic E-state index is 3.79. The summed E-state index contributed by atoms with van der Waals surface area (Å²) >= 11 is 0. The van der Waals surface area contributed by atoms with Crippen molar-refractivity contribution >= 4 is 0 Å². The molecule has 2 atom stereocenters. The first kappa shape index (κ1) is 17.2. The van der Waals surface area contributed by atoms with Crippen LogP contribution in [0.3, 0.4) is 0 Å². The molecule has 3 heteroatoms. The van der Waals surface area contributed by atoms with Gasteiger partial charge in [-0.2, -0.15) is 0 Å². The summed E-state index contributed by atoms with van der Waals surface area (Å²) in [4.78, 5) is 5.26. The Balaban J connectivity index is 1.83. The summed E-state index contributed by atoms with van der Waals surface area (Å²) in [6, 6.07) is 1.38. The first-order chi connectivity index (χ1) is 9.90. The third-order valence-electron chi connectivity index (χ3n) is 5.71. The lowest BCUT2D eigenvalue weighted by molar-refractivity contribution is 0.0743. The molecular formula is C18H37N3. The van der Waals surface area contributed by atoms with Gasteiger partial charge in [-0.1, -0.05) is 27.7 Å². The molecule has 0 amide bonds. The molecule has 0 spiro atoms. The van der Waals surface area contributed by atoms with Crippen LogP contribution < -0.4 is 5.32 Å². The number of hydrogen-bond donors (Lipinski definition) is 1. The van der Waals surface area contributed by atoms with E-state index in [0.717, 1.165) is 12.0 Å². The van der Waals surface area contributed by atoms with Gasteiger partial charge in [-0.05, 0) is 63.7 Å². The van der Waals surface area contributed by atoms with Gasteiger partial charge in [0.2, 0.25) is 0 Å². The number of nitrogens with one attached hydrogen (secondary N) is 1. The summed E-state index contributed by atoms with van der Waals surface area (Å²) in [6.07, 6.45) is 5.49. The van der Waals surface area contributed by atoms with Crippen molar-refractivity contribution in [1.29, 1.82) is 0 Å². The molecule has 0 saturated carbocycles. The molecule has 2 fully saturated rings. The first-order valence-electron chi connectivity index (χ1n) is 9.06. The Labute approximate surface area is 132 Å². The van der Waals surface area contributed by atoms with E-state index in [0.29, 0.717) is 11.5 Å². The first-order valence-corrected chi connectivity index (χ1v) is 9.06. The predicted octanol–water partition coefficient (Wildman–Crippen LogP) is 2.82. The third kappa shape index (κ3) is 4.94. The lowest BCUT2D eigenvalue weighted by atomic mass is 9.84. The van der Waals surface area contributed by atoms with Crippen molar-refractivity contribution in [1.82, 2.24) is 15.1 Å².